The molecule has 0 saturated heterocycles. The zero-order valence-corrected chi connectivity index (χ0v) is 10.2. The molecule has 1 rings (SSSR count). The molecule has 15 heavy (non-hydrogen) atoms. The Labute approximate surface area is 92.7 Å². The highest BCUT2D eigenvalue weighted by Gasteiger charge is 2.27. The molecule has 1 atom stereocenters. The first-order valence-corrected chi connectivity index (χ1v) is 5.41. The Bertz CT molecular complexity index is 342. The van der Waals surface area contributed by atoms with Crippen molar-refractivity contribution >= 4 is 0 Å². The molecule has 4 N–H and O–H groups in total. The molecule has 0 fully saturated rings. The first kappa shape index (κ1) is 12.2. The van der Waals surface area contributed by atoms with Gasteiger partial charge in [0.2, 0.25) is 0 Å². The number of hydrogen-bond donors (Lipinski definition) is 2. The average molecular weight is 206 g/mol. The van der Waals surface area contributed by atoms with E-state index < -0.39 is 0 Å². The van der Waals surface area contributed by atoms with Crippen LogP contribution in [0.1, 0.15) is 36.6 Å². The van der Waals surface area contributed by atoms with Gasteiger partial charge in [-0.2, -0.15) is 0 Å². The van der Waals surface area contributed by atoms with E-state index in [1.165, 1.54) is 16.7 Å². The Morgan fingerprint density at radius 3 is 2.40 bits per heavy atom. The predicted octanol–water partition coefficient (Wildman–Crippen LogP) is 2.29. The maximum atomic E-state index is 6.27. The van der Waals surface area contributed by atoms with Crippen LogP contribution < -0.4 is 11.5 Å². The van der Waals surface area contributed by atoms with E-state index >= 15 is 0 Å². The average Bonchev–Trinajstić information content (AvgIpc) is 2.20. The van der Waals surface area contributed by atoms with E-state index in [-0.39, 0.29) is 11.5 Å². The lowest BCUT2D eigenvalue weighted by Crippen LogP contribution is -2.36. The van der Waals surface area contributed by atoms with Crippen molar-refractivity contribution in [1.29, 1.82) is 0 Å². The van der Waals surface area contributed by atoms with Crippen LogP contribution in [0.2, 0.25) is 0 Å². The van der Waals surface area contributed by atoms with E-state index in [4.69, 9.17) is 11.5 Å². The Morgan fingerprint density at radius 1 is 1.27 bits per heavy atom. The third kappa shape index (κ3) is 2.58. The zero-order chi connectivity index (χ0) is 11.6. The minimum atomic E-state index is -0.0570. The third-order valence-electron chi connectivity index (χ3n) is 3.14. The van der Waals surface area contributed by atoms with E-state index in [1.807, 2.05) is 0 Å². The molecule has 0 aliphatic rings. The smallest absolute Gasteiger partial charge is 0.0361 e. The summed E-state index contributed by atoms with van der Waals surface area (Å²) in [6.45, 7) is 9.01. The van der Waals surface area contributed by atoms with Crippen LogP contribution >= 0.6 is 0 Å². The van der Waals surface area contributed by atoms with Crippen LogP contribution in [-0.4, -0.2) is 6.54 Å². The number of aryl methyl sites for hydroxylation is 2. The number of hydrogen-bond acceptors (Lipinski definition) is 2. The Hall–Kier alpha value is -0.860. The summed E-state index contributed by atoms with van der Waals surface area (Å²) in [5, 5.41) is 0. The molecule has 1 unspecified atom stereocenters. The molecule has 0 aliphatic carbocycles. The second kappa shape index (κ2) is 4.33. The maximum Gasteiger partial charge on any atom is 0.0361 e. The van der Waals surface area contributed by atoms with Crippen molar-refractivity contribution in [2.24, 2.45) is 16.9 Å². The van der Waals surface area contributed by atoms with E-state index in [0.29, 0.717) is 6.54 Å². The van der Waals surface area contributed by atoms with Crippen molar-refractivity contribution in [2.45, 2.75) is 33.7 Å². The summed E-state index contributed by atoms with van der Waals surface area (Å²) in [6.07, 6.45) is 0. The normalized spacial score (nSPS) is 14.0. The Morgan fingerprint density at radius 2 is 1.87 bits per heavy atom. The quantitative estimate of drug-likeness (QED) is 0.797. The molecular weight excluding hydrogens is 184 g/mol. The minimum absolute atomic E-state index is 0.00222. The van der Waals surface area contributed by atoms with Crippen LogP contribution in [0.4, 0.5) is 0 Å². The Kier molecular flexibility index (Phi) is 3.53. The van der Waals surface area contributed by atoms with Crippen LogP contribution in [-0.2, 0) is 0 Å². The standard InChI is InChI=1S/C13H22N2/c1-9-5-6-10(2)11(7-9)12(15)13(3,4)8-14/h5-7,12H,8,14-15H2,1-4H3. The first-order chi connectivity index (χ1) is 6.88. The molecule has 0 bridgehead atoms. The summed E-state index contributed by atoms with van der Waals surface area (Å²) in [6, 6.07) is 6.40. The van der Waals surface area contributed by atoms with Gasteiger partial charge in [0.25, 0.3) is 0 Å². The summed E-state index contributed by atoms with van der Waals surface area (Å²) >= 11 is 0. The zero-order valence-electron chi connectivity index (χ0n) is 10.2. The van der Waals surface area contributed by atoms with Crippen LogP contribution in [0.25, 0.3) is 0 Å². The van der Waals surface area contributed by atoms with Crippen LogP contribution in [0.3, 0.4) is 0 Å². The molecule has 2 nitrogen and oxygen atoms in total. The molecule has 1 aromatic rings. The summed E-state index contributed by atoms with van der Waals surface area (Å²) in [5.74, 6) is 0. The topological polar surface area (TPSA) is 52.0 Å². The first-order valence-electron chi connectivity index (χ1n) is 5.41. The molecule has 0 radical (unpaired) electrons. The summed E-state index contributed by atoms with van der Waals surface area (Å²) in [4.78, 5) is 0. The molecule has 0 aromatic heterocycles. The largest absolute Gasteiger partial charge is 0.330 e. The highest BCUT2D eigenvalue weighted by atomic mass is 14.7. The van der Waals surface area contributed by atoms with Gasteiger partial charge in [0.15, 0.2) is 0 Å². The SMILES string of the molecule is Cc1ccc(C)c(C(N)C(C)(C)CN)c1. The van der Waals surface area contributed by atoms with Crippen LogP contribution in [0, 0.1) is 19.3 Å². The van der Waals surface area contributed by atoms with Gasteiger partial charge in [-0.15, -0.1) is 0 Å². The van der Waals surface area contributed by atoms with Crippen molar-refractivity contribution in [3.05, 3.63) is 34.9 Å². The Balaban J connectivity index is 3.10. The molecular formula is C13H22N2. The van der Waals surface area contributed by atoms with Crippen LogP contribution in [0.15, 0.2) is 18.2 Å². The van der Waals surface area contributed by atoms with Crippen LogP contribution in [0.5, 0.6) is 0 Å². The summed E-state index contributed by atoms with van der Waals surface area (Å²) in [5.41, 5.74) is 15.7. The number of rotatable bonds is 3. The molecule has 2 heteroatoms. The van der Waals surface area contributed by atoms with Gasteiger partial charge in [0.1, 0.15) is 0 Å². The third-order valence-corrected chi connectivity index (χ3v) is 3.14. The molecule has 84 valence electrons. The summed E-state index contributed by atoms with van der Waals surface area (Å²) in [7, 11) is 0. The highest BCUT2D eigenvalue weighted by Crippen LogP contribution is 2.32. The monoisotopic (exact) mass is 206 g/mol. The lowest BCUT2D eigenvalue weighted by Gasteiger charge is -2.31. The van der Waals surface area contributed by atoms with Gasteiger partial charge in [-0.25, -0.2) is 0 Å². The van der Waals surface area contributed by atoms with Gasteiger partial charge >= 0.3 is 0 Å². The molecule has 1 aromatic carbocycles. The van der Waals surface area contributed by atoms with Gasteiger partial charge in [0.05, 0.1) is 0 Å². The lowest BCUT2D eigenvalue weighted by molar-refractivity contribution is 0.300. The van der Waals surface area contributed by atoms with Gasteiger partial charge in [-0.3, -0.25) is 0 Å². The van der Waals surface area contributed by atoms with E-state index in [9.17, 15) is 0 Å². The number of benzene rings is 1. The number of nitrogens with two attached hydrogens (primary N) is 2. The van der Waals surface area contributed by atoms with Crippen molar-refractivity contribution in [3.8, 4) is 0 Å². The van der Waals surface area contributed by atoms with Crippen molar-refractivity contribution < 1.29 is 0 Å². The summed E-state index contributed by atoms with van der Waals surface area (Å²) < 4.78 is 0. The highest BCUT2D eigenvalue weighted by molar-refractivity contribution is 5.33. The van der Waals surface area contributed by atoms with E-state index in [2.05, 4.69) is 45.9 Å². The fourth-order valence-corrected chi connectivity index (χ4v) is 1.64. The molecule has 0 heterocycles. The van der Waals surface area contributed by atoms with Gasteiger partial charge < -0.3 is 11.5 Å². The van der Waals surface area contributed by atoms with Gasteiger partial charge in [-0.1, -0.05) is 37.6 Å². The van der Waals surface area contributed by atoms with E-state index in [0.717, 1.165) is 0 Å². The lowest BCUT2D eigenvalue weighted by atomic mass is 9.79. The maximum absolute atomic E-state index is 6.27. The molecule has 0 aliphatic heterocycles. The molecule has 0 spiro atoms. The minimum Gasteiger partial charge on any atom is -0.330 e. The predicted molar refractivity (Wildman–Crippen MR) is 65.7 cm³/mol. The van der Waals surface area contributed by atoms with Crippen molar-refractivity contribution in [3.63, 3.8) is 0 Å². The molecule has 0 amide bonds. The van der Waals surface area contributed by atoms with Crippen molar-refractivity contribution in [1.82, 2.24) is 0 Å². The van der Waals surface area contributed by atoms with Gasteiger partial charge in [0, 0.05) is 6.04 Å². The molecule has 0 saturated carbocycles. The fourth-order valence-electron chi connectivity index (χ4n) is 1.64. The van der Waals surface area contributed by atoms with Gasteiger partial charge in [-0.05, 0) is 36.9 Å². The fraction of sp³-hybridized carbons (Fsp3) is 0.538. The van der Waals surface area contributed by atoms with E-state index in [1.54, 1.807) is 0 Å². The van der Waals surface area contributed by atoms with Crippen molar-refractivity contribution in [2.75, 3.05) is 6.54 Å². The second-order valence-corrected chi connectivity index (χ2v) is 5.03. The second-order valence-electron chi connectivity index (χ2n) is 5.03.